The fraction of sp³-hybridized carbons (Fsp3) is 0.394. The minimum atomic E-state index is -1.19. The second-order valence-corrected chi connectivity index (χ2v) is 11.3. The van der Waals surface area contributed by atoms with Gasteiger partial charge in [0.15, 0.2) is 5.60 Å². The Bertz CT molecular complexity index is 1390. The third-order valence-corrected chi connectivity index (χ3v) is 8.37. The molecule has 3 aliphatic rings. The average molecular weight is 542 g/mol. The van der Waals surface area contributed by atoms with Gasteiger partial charge in [0.1, 0.15) is 11.9 Å². The van der Waals surface area contributed by atoms with E-state index in [4.69, 9.17) is 9.47 Å². The van der Waals surface area contributed by atoms with Crippen LogP contribution in [0, 0.1) is 11.3 Å². The van der Waals surface area contributed by atoms with Crippen LogP contribution >= 0.6 is 0 Å². The Balaban J connectivity index is 1.59. The normalized spacial score (nSPS) is 28.6. The van der Waals surface area contributed by atoms with E-state index >= 15 is 0 Å². The molecule has 3 fully saturated rings. The van der Waals surface area contributed by atoms with Crippen LogP contribution in [0.4, 0.5) is 5.69 Å². The smallest absolute Gasteiger partial charge is 0.307 e. The molecule has 0 N–H and O–H groups in total. The molecule has 0 radical (unpaired) electrons. The quantitative estimate of drug-likeness (QED) is 0.319. The van der Waals surface area contributed by atoms with Gasteiger partial charge >= 0.3 is 11.9 Å². The second kappa shape index (κ2) is 10.5. The lowest BCUT2D eigenvalue weighted by Gasteiger charge is -2.40. The molecule has 0 aromatic heterocycles. The summed E-state index contributed by atoms with van der Waals surface area (Å²) in [6, 6.07) is 17.2. The van der Waals surface area contributed by atoms with Crippen molar-refractivity contribution in [1.29, 1.82) is 0 Å². The summed E-state index contributed by atoms with van der Waals surface area (Å²) in [7, 11) is 0. The summed E-state index contributed by atoms with van der Waals surface area (Å²) in [5.74, 6) is -1.98. The molecule has 2 aliphatic carbocycles. The number of allylic oxidation sites excluding steroid dienone is 3. The molecular formula is C33H35NO6. The summed E-state index contributed by atoms with van der Waals surface area (Å²) in [5.41, 5.74) is 0.958. The number of carbonyl (C=O) groups excluding carboxylic acids is 4. The summed E-state index contributed by atoms with van der Waals surface area (Å²) >= 11 is 0. The first-order valence-corrected chi connectivity index (χ1v) is 13.8. The Kier molecular flexibility index (Phi) is 7.25. The van der Waals surface area contributed by atoms with Crippen LogP contribution in [0.5, 0.6) is 0 Å². The standard InChI is InChI=1S/C33H35NO6/c1-21(2)12-11-13-22(3)19-33-30-29(39-23(4)35)26(18-27(36)32(30,33)20-28(37)40-33)34(25-16-9-6-10-17-25)31(38)24-14-7-5-8-15-24/h5-10,12,14-17,19,26,29-30H,11,13,18,20H2,1-4H3/b22-19+/t26-,29-,30?,32?,33+/m1/s1. The second-order valence-electron chi connectivity index (χ2n) is 11.3. The van der Waals surface area contributed by atoms with Crippen molar-refractivity contribution < 1.29 is 28.7 Å². The van der Waals surface area contributed by atoms with Crippen molar-refractivity contribution in [1.82, 2.24) is 0 Å². The number of amides is 1. The fourth-order valence-electron chi connectivity index (χ4n) is 6.76. The molecule has 0 bridgehead atoms. The van der Waals surface area contributed by atoms with Crippen LogP contribution in [0.25, 0.3) is 0 Å². The molecule has 2 unspecified atom stereocenters. The van der Waals surface area contributed by atoms with Crippen molar-refractivity contribution in [3.05, 3.63) is 89.5 Å². The number of fused-ring (bicyclic) bond motifs is 1. The van der Waals surface area contributed by atoms with Crippen LogP contribution in [0.15, 0.2) is 84.0 Å². The Labute approximate surface area is 234 Å². The first-order valence-electron chi connectivity index (χ1n) is 13.8. The highest BCUT2D eigenvalue weighted by molar-refractivity contribution is 6.08. The average Bonchev–Trinajstić information content (AvgIpc) is 3.33. The molecule has 5 rings (SSSR count). The number of hydrogen-bond donors (Lipinski definition) is 0. The number of ketones is 1. The van der Waals surface area contributed by atoms with Gasteiger partial charge in [0, 0.05) is 24.6 Å². The lowest BCUT2D eigenvalue weighted by Crippen LogP contribution is -2.55. The van der Waals surface area contributed by atoms with Gasteiger partial charge in [-0.05, 0) is 64.0 Å². The van der Waals surface area contributed by atoms with Crippen molar-refractivity contribution in [3.63, 3.8) is 0 Å². The Hall–Kier alpha value is -4.00. The first kappa shape index (κ1) is 27.6. The number of esters is 2. The molecule has 2 aromatic carbocycles. The maximum atomic E-state index is 14.1. The predicted octanol–water partition coefficient (Wildman–Crippen LogP) is 5.60. The van der Waals surface area contributed by atoms with Crippen molar-refractivity contribution in [2.45, 2.75) is 71.1 Å². The van der Waals surface area contributed by atoms with Crippen molar-refractivity contribution in [3.8, 4) is 0 Å². The van der Waals surface area contributed by atoms with Gasteiger partial charge < -0.3 is 14.4 Å². The monoisotopic (exact) mass is 541 g/mol. The fourth-order valence-corrected chi connectivity index (χ4v) is 6.76. The van der Waals surface area contributed by atoms with E-state index in [0.29, 0.717) is 11.3 Å². The number of ether oxygens (including phenoxy) is 2. The minimum Gasteiger partial charge on any atom is -0.460 e. The SMILES string of the molecule is CC(=O)O[C@H]1C2C3(CC(=O)O[C@@]23/C=C(\C)CCC=C(C)C)C(=O)C[C@H]1N(C(=O)c1ccccc1)c1ccccc1. The van der Waals surface area contributed by atoms with Crippen LogP contribution in [0.3, 0.4) is 0 Å². The van der Waals surface area contributed by atoms with Gasteiger partial charge in [0.05, 0.1) is 23.8 Å². The van der Waals surface area contributed by atoms with Crippen molar-refractivity contribution in [2.75, 3.05) is 4.90 Å². The molecular weight excluding hydrogens is 506 g/mol. The molecule has 1 saturated heterocycles. The highest BCUT2D eigenvalue weighted by atomic mass is 16.6. The number of hydrogen-bond acceptors (Lipinski definition) is 6. The summed E-state index contributed by atoms with van der Waals surface area (Å²) in [4.78, 5) is 54.8. The third-order valence-electron chi connectivity index (χ3n) is 8.37. The number of anilines is 1. The van der Waals surface area contributed by atoms with E-state index in [0.717, 1.165) is 18.4 Å². The number of benzene rings is 2. The van der Waals surface area contributed by atoms with Crippen LogP contribution < -0.4 is 4.90 Å². The lowest BCUT2D eigenvalue weighted by molar-refractivity contribution is -0.156. The number of rotatable bonds is 8. The lowest BCUT2D eigenvalue weighted by atomic mass is 9.79. The molecule has 40 heavy (non-hydrogen) atoms. The van der Waals surface area contributed by atoms with E-state index in [2.05, 4.69) is 6.08 Å². The van der Waals surface area contributed by atoms with Gasteiger partial charge in [-0.3, -0.25) is 19.2 Å². The first-order chi connectivity index (χ1) is 19.1. The molecule has 2 saturated carbocycles. The van der Waals surface area contributed by atoms with Gasteiger partial charge in [-0.1, -0.05) is 53.6 Å². The van der Waals surface area contributed by atoms with E-state index in [1.807, 2.05) is 51.1 Å². The molecule has 1 spiro atoms. The van der Waals surface area contributed by atoms with Crippen LogP contribution in [-0.2, 0) is 23.9 Å². The maximum Gasteiger partial charge on any atom is 0.307 e. The number of nitrogens with zero attached hydrogens (tertiary/aromatic N) is 1. The molecule has 5 atom stereocenters. The highest BCUT2D eigenvalue weighted by Gasteiger charge is 2.90. The van der Waals surface area contributed by atoms with Gasteiger partial charge in [-0.15, -0.1) is 0 Å². The Morgan fingerprint density at radius 1 is 1.00 bits per heavy atom. The van der Waals surface area contributed by atoms with E-state index in [1.54, 1.807) is 41.3 Å². The zero-order valence-corrected chi connectivity index (χ0v) is 23.4. The molecule has 7 nitrogen and oxygen atoms in total. The largest absolute Gasteiger partial charge is 0.460 e. The van der Waals surface area contributed by atoms with Gasteiger partial charge in [-0.25, -0.2) is 0 Å². The van der Waals surface area contributed by atoms with Gasteiger partial charge in [-0.2, -0.15) is 0 Å². The Morgan fingerprint density at radius 3 is 2.27 bits per heavy atom. The number of carbonyl (C=O) groups is 4. The predicted molar refractivity (Wildman–Crippen MR) is 150 cm³/mol. The van der Waals surface area contributed by atoms with Crippen LogP contribution in [0.2, 0.25) is 0 Å². The van der Waals surface area contributed by atoms with Crippen molar-refractivity contribution in [2.24, 2.45) is 11.3 Å². The van der Waals surface area contributed by atoms with Crippen molar-refractivity contribution >= 4 is 29.3 Å². The number of Topliss-reactive ketones (excluding diaryl/α,β-unsaturated/α-hetero) is 1. The van der Waals surface area contributed by atoms with Crippen LogP contribution in [0.1, 0.15) is 63.7 Å². The zero-order valence-electron chi connectivity index (χ0n) is 23.4. The molecule has 1 amide bonds. The maximum absolute atomic E-state index is 14.1. The summed E-state index contributed by atoms with van der Waals surface area (Å²) in [5, 5.41) is 0. The summed E-state index contributed by atoms with van der Waals surface area (Å²) in [6.45, 7) is 7.37. The molecule has 1 heterocycles. The van der Waals surface area contributed by atoms with E-state index in [-0.39, 0.29) is 24.5 Å². The third kappa shape index (κ3) is 4.57. The summed E-state index contributed by atoms with van der Waals surface area (Å²) in [6.07, 6.45) is 4.64. The van der Waals surface area contributed by atoms with Gasteiger partial charge in [0.25, 0.3) is 5.91 Å². The van der Waals surface area contributed by atoms with Crippen LogP contribution in [-0.4, -0.2) is 41.4 Å². The molecule has 208 valence electrons. The zero-order chi connectivity index (χ0) is 28.7. The molecule has 1 aliphatic heterocycles. The van der Waals surface area contributed by atoms with E-state index < -0.39 is 41.0 Å². The highest BCUT2D eigenvalue weighted by Crippen LogP contribution is 2.76. The number of para-hydroxylation sites is 1. The molecule has 2 aromatic rings. The van der Waals surface area contributed by atoms with E-state index in [9.17, 15) is 19.2 Å². The summed E-state index contributed by atoms with van der Waals surface area (Å²) < 4.78 is 11.9. The Morgan fingerprint density at radius 2 is 1.65 bits per heavy atom. The minimum absolute atomic E-state index is 0.0588. The topological polar surface area (TPSA) is 90.0 Å². The molecule has 7 heteroatoms. The van der Waals surface area contributed by atoms with E-state index in [1.165, 1.54) is 12.5 Å². The van der Waals surface area contributed by atoms with Gasteiger partial charge in [0.2, 0.25) is 0 Å².